The zero-order valence-corrected chi connectivity index (χ0v) is 50.7. The van der Waals surface area contributed by atoms with E-state index in [1.165, 1.54) is 31.9 Å². The highest BCUT2D eigenvalue weighted by molar-refractivity contribution is 5.94. The summed E-state index contributed by atoms with van der Waals surface area (Å²) >= 11 is 0. The molecule has 1 aromatic rings. The van der Waals surface area contributed by atoms with Gasteiger partial charge in [-0.2, -0.15) is 0 Å². The van der Waals surface area contributed by atoms with E-state index in [9.17, 15) is 85.3 Å². The molecular formula is C57H93N5O27. The molecule has 0 aliphatic carbocycles. The molecule has 4 heterocycles. The Morgan fingerprint density at radius 1 is 0.551 bits per heavy atom. The van der Waals surface area contributed by atoms with Gasteiger partial charge in [-0.05, 0) is 50.8 Å². The maximum Gasteiger partial charge on any atom is 0.251 e. The molecule has 4 fully saturated rings. The molecule has 5 amide bonds. The van der Waals surface area contributed by atoms with Crippen molar-refractivity contribution in [2.24, 2.45) is 0 Å². The first-order valence-electron chi connectivity index (χ1n) is 29.9. The average molecular weight is 1280 g/mol. The first kappa shape index (κ1) is 75.0. The lowest BCUT2D eigenvalue weighted by Crippen LogP contribution is -2.70. The van der Waals surface area contributed by atoms with Gasteiger partial charge in [-0.3, -0.25) is 24.0 Å². The summed E-state index contributed by atoms with van der Waals surface area (Å²) in [5.74, 6) is -3.36. The fourth-order valence-electron chi connectivity index (χ4n) is 10.7. The number of benzene rings is 1. The van der Waals surface area contributed by atoms with E-state index in [1.54, 1.807) is 12.1 Å². The Kier molecular flexibility index (Phi) is 31.3. The minimum atomic E-state index is -1.98. The number of nitrogens with one attached hydrogen (secondary N) is 5. The van der Waals surface area contributed by atoms with Crippen LogP contribution in [0, 0.1) is 0 Å². The third-order valence-corrected chi connectivity index (χ3v) is 15.2. The molecule has 32 heteroatoms. The Morgan fingerprint density at radius 3 is 1.62 bits per heavy atom. The van der Waals surface area contributed by atoms with Crippen LogP contribution in [0.25, 0.3) is 0 Å². The van der Waals surface area contributed by atoms with Crippen molar-refractivity contribution in [3.8, 4) is 5.75 Å². The summed E-state index contributed by atoms with van der Waals surface area (Å²) < 4.78 is 59.9. The smallest absolute Gasteiger partial charge is 0.251 e. The van der Waals surface area contributed by atoms with Gasteiger partial charge in [-0.25, -0.2) is 0 Å². The average Bonchev–Trinajstić information content (AvgIpc) is 1.15. The molecule has 0 spiro atoms. The van der Waals surface area contributed by atoms with E-state index < -0.39 is 216 Å². The highest BCUT2D eigenvalue weighted by Gasteiger charge is 2.55. The van der Waals surface area contributed by atoms with Crippen LogP contribution in [0.4, 0.5) is 0 Å². The predicted molar refractivity (Wildman–Crippen MR) is 304 cm³/mol. The molecule has 0 aromatic heterocycles. The molecule has 12 unspecified atom stereocenters. The number of rotatable bonds is 34. The van der Waals surface area contributed by atoms with Crippen molar-refractivity contribution in [2.45, 2.75) is 234 Å². The lowest BCUT2D eigenvalue weighted by atomic mass is 9.94. The quantitative estimate of drug-likeness (QED) is 0.0174. The summed E-state index contributed by atoms with van der Waals surface area (Å²) in [6.45, 7) is 2.42. The number of hydrogen-bond donors (Lipinski definition) is 17. The third kappa shape index (κ3) is 21.1. The van der Waals surface area contributed by atoms with Gasteiger partial charge in [-0.1, -0.05) is 44.4 Å². The summed E-state index contributed by atoms with van der Waals surface area (Å²) in [6, 6.07) is -1.65. The number of carbonyl (C=O) groups excluding carboxylic acids is 5. The summed E-state index contributed by atoms with van der Waals surface area (Å²) in [5.41, 5.74) is 0.0598. The second-order valence-electron chi connectivity index (χ2n) is 22.3. The maximum atomic E-state index is 13.9. The molecule has 4 saturated heterocycles. The number of carbonyl (C=O) groups is 5. The van der Waals surface area contributed by atoms with Crippen molar-refractivity contribution in [3.05, 3.63) is 42.0 Å². The van der Waals surface area contributed by atoms with E-state index in [2.05, 4.69) is 45.7 Å². The van der Waals surface area contributed by atoms with Crippen LogP contribution in [0.3, 0.4) is 0 Å². The predicted octanol–water partition coefficient (Wildman–Crippen LogP) is -5.59. The zero-order valence-electron chi connectivity index (χ0n) is 50.7. The van der Waals surface area contributed by atoms with Crippen LogP contribution in [0.15, 0.2) is 36.4 Å². The van der Waals surface area contributed by atoms with E-state index in [4.69, 9.17) is 47.4 Å². The van der Waals surface area contributed by atoms with Gasteiger partial charge in [0.25, 0.3) is 5.91 Å². The van der Waals surface area contributed by atoms with Crippen molar-refractivity contribution in [1.29, 1.82) is 0 Å². The topological polar surface area (TPSA) is 481 Å². The van der Waals surface area contributed by atoms with Crippen molar-refractivity contribution in [2.75, 3.05) is 46.2 Å². The van der Waals surface area contributed by atoms with Crippen molar-refractivity contribution < 1.29 is 133 Å². The highest BCUT2D eigenvalue weighted by atomic mass is 16.8. The van der Waals surface area contributed by atoms with Crippen LogP contribution in [-0.4, -0.2) is 284 Å². The molecule has 17 N–H and O–H groups in total. The van der Waals surface area contributed by atoms with Crippen molar-refractivity contribution in [1.82, 2.24) is 26.6 Å². The minimum absolute atomic E-state index is 0.0598. The zero-order chi connectivity index (χ0) is 65.6. The highest BCUT2D eigenvalue weighted by Crippen LogP contribution is 2.34. The third-order valence-electron chi connectivity index (χ3n) is 15.2. The van der Waals surface area contributed by atoms with Crippen LogP contribution in [-0.2, 0) is 61.8 Å². The Labute approximate surface area is 515 Å². The number of allylic oxidation sites excluding steroid dienone is 2. The van der Waals surface area contributed by atoms with E-state index in [-0.39, 0.29) is 5.56 Å². The van der Waals surface area contributed by atoms with E-state index in [1.807, 2.05) is 0 Å². The first-order chi connectivity index (χ1) is 42.4. The normalized spacial score (nSPS) is 33.7. The molecule has 4 aliphatic rings. The fraction of sp³-hybridized carbons (Fsp3) is 0.772. The van der Waals surface area contributed by atoms with E-state index in [0.717, 1.165) is 53.4 Å². The van der Waals surface area contributed by atoms with Crippen LogP contribution in [0.2, 0.25) is 0 Å². The van der Waals surface area contributed by atoms with E-state index >= 15 is 0 Å². The largest absolute Gasteiger partial charge is 0.494 e. The molecule has 0 saturated carbocycles. The van der Waals surface area contributed by atoms with Gasteiger partial charge in [0.1, 0.15) is 115 Å². The summed E-state index contributed by atoms with van der Waals surface area (Å²) in [5, 5.41) is 144. The Hall–Kier alpha value is -4.73. The molecule has 508 valence electrons. The van der Waals surface area contributed by atoms with Gasteiger partial charge in [0.05, 0.1) is 52.3 Å². The van der Waals surface area contributed by atoms with Crippen LogP contribution in [0.1, 0.15) is 96.8 Å². The molecule has 0 radical (unpaired) electrons. The number of ether oxygens (including phenoxy) is 10. The van der Waals surface area contributed by atoms with Crippen molar-refractivity contribution in [3.63, 3.8) is 0 Å². The molecule has 0 bridgehead atoms. The lowest BCUT2D eigenvalue weighted by Gasteiger charge is -2.49. The second kappa shape index (κ2) is 37.1. The van der Waals surface area contributed by atoms with Gasteiger partial charge in [-0.15, -0.1) is 0 Å². The number of aliphatic hydroxyl groups is 12. The molecule has 24 atom stereocenters. The Morgan fingerprint density at radius 2 is 1.06 bits per heavy atom. The van der Waals surface area contributed by atoms with Gasteiger partial charge in [0.2, 0.25) is 23.6 Å². The number of aliphatic hydroxyl groups excluding tert-OH is 12. The van der Waals surface area contributed by atoms with Crippen LogP contribution < -0.4 is 31.3 Å². The minimum Gasteiger partial charge on any atom is -0.494 e. The van der Waals surface area contributed by atoms with Gasteiger partial charge in [0.15, 0.2) is 31.5 Å². The molecule has 1 aromatic carbocycles. The molecule has 32 nitrogen and oxygen atoms in total. The lowest BCUT2D eigenvalue weighted by molar-refractivity contribution is -0.351. The summed E-state index contributed by atoms with van der Waals surface area (Å²) in [4.78, 5) is 63.8. The van der Waals surface area contributed by atoms with Crippen LogP contribution >= 0.6 is 0 Å². The first-order valence-corrected chi connectivity index (χ1v) is 29.9. The molecule has 5 rings (SSSR count). The van der Waals surface area contributed by atoms with Crippen LogP contribution in [0.5, 0.6) is 5.75 Å². The molecule has 4 aliphatic heterocycles. The monoisotopic (exact) mass is 1280 g/mol. The van der Waals surface area contributed by atoms with E-state index in [0.29, 0.717) is 18.8 Å². The van der Waals surface area contributed by atoms with Crippen molar-refractivity contribution >= 4 is 29.5 Å². The van der Waals surface area contributed by atoms with Gasteiger partial charge in [0, 0.05) is 33.3 Å². The maximum absolute atomic E-state index is 13.9. The summed E-state index contributed by atoms with van der Waals surface area (Å²) in [7, 11) is 0. The number of amides is 5. The number of hydrogen-bond acceptors (Lipinski definition) is 27. The number of unbranched alkanes of at least 4 members (excludes halogenated alkanes) is 5. The van der Waals surface area contributed by atoms with Gasteiger partial charge < -0.3 is 135 Å². The molecule has 89 heavy (non-hydrogen) atoms. The SMILES string of the molecule is CCCCCC/C=C\CCCOc1cccc(C(=O)N[C@H]2C(O[C@H]3C(O)C(NC(C)=O)[C@H](OC(CO)C(CO)O[C@@H](O[C@H]4C(O)C(NC(C)=O)C(OC5C(CO)OC(O)[C@@H](NC(C)=O)[C@H]5O)O[C@H]4CO)[C@H](C)NC(C)=O)O[C@H]3CO)OC(CO)[C@@H](O)[C@@H]2O)c1. The Bertz CT molecular complexity index is 2370. The second-order valence-corrected chi connectivity index (χ2v) is 22.3. The Balaban J connectivity index is 1.35. The summed E-state index contributed by atoms with van der Waals surface area (Å²) in [6.07, 6.45) is -22.1. The fourth-order valence-corrected chi connectivity index (χ4v) is 10.7. The molecular weight excluding hydrogens is 1190 g/mol. The standard InChI is InChI=1S/C57H93N5O27/c1-7-8-9-10-11-12-13-14-15-19-80-33-18-16-17-32(20-33)52(78)62-41-45(74)44(73)36(23-65)84-56(41)89-51-39(26-68)85-55(42(47(51)76)60-30(5)71)83-35(22-64)34(21-63)82-54(27(2)58-28(3)69)87-50-38(25-67)86-57(43(48(50)77)61-31(6)72)88-49-37(24-66)81-53(79)40(46(49)75)59-29(4)70/h12-13,16-18,20,27,34-51,53-57,63-68,73-77,79H,7-11,14-15,19,21-26H2,1-6H3,(H,58,69)(H,59,70)(H,60,71)(H,61,72)(H,62,78)/b13-12-/t27-,34?,35?,36?,37?,38-,39-,40-,41+,42?,43?,44+,45+,46+,47?,48?,49?,50+,51+,53?,54-,55+,56?,57?/m0/s1. The van der Waals surface area contributed by atoms with Gasteiger partial charge >= 0.3 is 0 Å².